The van der Waals surface area contributed by atoms with E-state index in [0.29, 0.717) is 5.02 Å². The van der Waals surface area contributed by atoms with Gasteiger partial charge in [-0.1, -0.05) is 41.9 Å². The number of halogens is 2. The Morgan fingerprint density at radius 2 is 1.81 bits per heavy atom. The zero-order chi connectivity index (χ0) is 14.4. The molecule has 1 heterocycles. The summed E-state index contributed by atoms with van der Waals surface area (Å²) in [6.07, 6.45) is 0. The van der Waals surface area contributed by atoms with Gasteiger partial charge < -0.3 is 5.32 Å². The fourth-order valence-electron chi connectivity index (χ4n) is 2.57. The van der Waals surface area contributed by atoms with E-state index in [1.807, 2.05) is 36.4 Å². The molecule has 0 fully saturated rings. The van der Waals surface area contributed by atoms with Gasteiger partial charge in [0.15, 0.2) is 0 Å². The number of rotatable bonds is 1. The molecule has 0 aromatic heterocycles. The van der Waals surface area contributed by atoms with Crippen molar-refractivity contribution in [2.45, 2.75) is 0 Å². The molecule has 3 aromatic rings. The first-order valence-corrected chi connectivity index (χ1v) is 7.72. The molecule has 0 unspecified atom stereocenters. The smallest absolute Gasteiger partial charge is 0.138 e. The molecule has 0 atom stereocenters. The molecule has 21 heavy (non-hydrogen) atoms. The van der Waals surface area contributed by atoms with E-state index < -0.39 is 0 Å². The van der Waals surface area contributed by atoms with Crippen molar-refractivity contribution >= 4 is 55.5 Å². The lowest BCUT2D eigenvalue weighted by atomic mass is 10.0. The highest BCUT2D eigenvalue weighted by molar-refractivity contribution is 9.10. The van der Waals surface area contributed by atoms with Crippen LogP contribution in [0.3, 0.4) is 0 Å². The zero-order valence-electron chi connectivity index (χ0n) is 10.9. The van der Waals surface area contributed by atoms with Crippen LogP contribution in [0.1, 0.15) is 5.56 Å². The van der Waals surface area contributed by atoms with E-state index in [0.717, 1.165) is 32.6 Å². The number of aliphatic imine (C=N–C) groups is 1. The predicted octanol–water partition coefficient (Wildman–Crippen LogP) is 5.76. The van der Waals surface area contributed by atoms with Crippen LogP contribution in [0.15, 0.2) is 64.1 Å². The van der Waals surface area contributed by atoms with Gasteiger partial charge in [0.05, 0.1) is 10.7 Å². The van der Waals surface area contributed by atoms with E-state index in [1.54, 1.807) is 0 Å². The maximum absolute atomic E-state index is 6.18. The molecule has 0 bridgehead atoms. The number of benzene rings is 3. The molecular weight excluding hydrogens is 348 g/mol. The highest BCUT2D eigenvalue weighted by atomic mass is 79.9. The zero-order valence-corrected chi connectivity index (χ0v) is 13.2. The minimum atomic E-state index is 0.675. The molecule has 0 amide bonds. The van der Waals surface area contributed by atoms with Gasteiger partial charge >= 0.3 is 0 Å². The number of hydrogen-bond acceptors (Lipinski definition) is 2. The fraction of sp³-hybridized carbons (Fsp3) is 0. The molecule has 102 valence electrons. The molecule has 1 aliphatic rings. The summed E-state index contributed by atoms with van der Waals surface area (Å²) in [4.78, 5) is 4.74. The summed E-state index contributed by atoms with van der Waals surface area (Å²) < 4.78 is 0.881. The number of amidine groups is 1. The Hall–Kier alpha value is -1.84. The number of nitrogens with zero attached hydrogens (tertiary/aromatic N) is 1. The Morgan fingerprint density at radius 3 is 2.62 bits per heavy atom. The molecule has 0 radical (unpaired) electrons. The van der Waals surface area contributed by atoms with Crippen molar-refractivity contribution in [3.05, 3.63) is 69.7 Å². The molecule has 3 aromatic carbocycles. The first-order chi connectivity index (χ1) is 10.2. The average molecular weight is 358 g/mol. The van der Waals surface area contributed by atoms with Crippen molar-refractivity contribution in [2.24, 2.45) is 4.99 Å². The van der Waals surface area contributed by atoms with E-state index in [2.05, 4.69) is 39.4 Å². The van der Waals surface area contributed by atoms with Crippen molar-refractivity contribution in [1.82, 2.24) is 0 Å². The van der Waals surface area contributed by atoms with Crippen LogP contribution in [0.2, 0.25) is 5.02 Å². The molecule has 4 rings (SSSR count). The van der Waals surface area contributed by atoms with Gasteiger partial charge in [-0.25, -0.2) is 4.99 Å². The van der Waals surface area contributed by atoms with Gasteiger partial charge in [0, 0.05) is 21.1 Å². The van der Waals surface area contributed by atoms with Gasteiger partial charge in [0.25, 0.3) is 0 Å². The van der Waals surface area contributed by atoms with Crippen molar-refractivity contribution in [3.8, 4) is 0 Å². The monoisotopic (exact) mass is 356 g/mol. The standard InChI is InChI=1S/C17H10BrClN2/c18-12-8-7-11(9-13(12)19)17-20-14-5-1-3-10-4-2-6-15(21-17)16(10)14/h1-9H,(H,20,21). The summed E-state index contributed by atoms with van der Waals surface area (Å²) in [7, 11) is 0. The van der Waals surface area contributed by atoms with Crippen molar-refractivity contribution in [2.75, 3.05) is 5.32 Å². The lowest BCUT2D eigenvalue weighted by molar-refractivity contribution is 1.46. The van der Waals surface area contributed by atoms with Crippen molar-refractivity contribution in [3.63, 3.8) is 0 Å². The molecule has 0 saturated heterocycles. The van der Waals surface area contributed by atoms with Crippen molar-refractivity contribution in [1.29, 1.82) is 0 Å². The maximum atomic E-state index is 6.18. The Morgan fingerprint density at radius 1 is 1.00 bits per heavy atom. The summed E-state index contributed by atoms with van der Waals surface area (Å²) in [5.41, 5.74) is 3.03. The molecule has 4 heteroatoms. The van der Waals surface area contributed by atoms with E-state index in [-0.39, 0.29) is 0 Å². The van der Waals surface area contributed by atoms with Gasteiger partial charge in [-0.3, -0.25) is 0 Å². The number of anilines is 1. The molecule has 1 aliphatic heterocycles. The first kappa shape index (κ1) is 12.9. The van der Waals surface area contributed by atoms with Crippen LogP contribution >= 0.6 is 27.5 Å². The van der Waals surface area contributed by atoms with Gasteiger partial charge in [-0.2, -0.15) is 0 Å². The third-order valence-corrected chi connectivity index (χ3v) is 4.79. The maximum Gasteiger partial charge on any atom is 0.138 e. The van der Waals surface area contributed by atoms with Gasteiger partial charge in [0.2, 0.25) is 0 Å². The number of nitrogens with one attached hydrogen (secondary N) is 1. The number of hydrogen-bond donors (Lipinski definition) is 1. The van der Waals surface area contributed by atoms with Crippen LogP contribution in [0.4, 0.5) is 11.4 Å². The third kappa shape index (κ3) is 2.13. The molecule has 0 saturated carbocycles. The Balaban J connectivity index is 1.91. The second-order valence-corrected chi connectivity index (χ2v) is 6.16. The Kier molecular flexibility index (Phi) is 2.98. The molecule has 2 nitrogen and oxygen atoms in total. The van der Waals surface area contributed by atoms with E-state index in [1.165, 1.54) is 5.39 Å². The van der Waals surface area contributed by atoms with Crippen LogP contribution in [0, 0.1) is 0 Å². The summed E-state index contributed by atoms with van der Waals surface area (Å²) in [5.74, 6) is 0.815. The highest BCUT2D eigenvalue weighted by Gasteiger charge is 2.15. The summed E-state index contributed by atoms with van der Waals surface area (Å²) >= 11 is 9.60. The predicted molar refractivity (Wildman–Crippen MR) is 92.9 cm³/mol. The van der Waals surface area contributed by atoms with Crippen LogP contribution in [-0.2, 0) is 0 Å². The first-order valence-electron chi connectivity index (χ1n) is 6.55. The van der Waals surface area contributed by atoms with E-state index in [4.69, 9.17) is 16.6 Å². The van der Waals surface area contributed by atoms with Crippen LogP contribution in [0.25, 0.3) is 10.8 Å². The minimum absolute atomic E-state index is 0.675. The van der Waals surface area contributed by atoms with Crippen LogP contribution in [0.5, 0.6) is 0 Å². The lowest BCUT2D eigenvalue weighted by Crippen LogP contribution is -2.16. The topological polar surface area (TPSA) is 24.4 Å². The lowest BCUT2D eigenvalue weighted by Gasteiger charge is -2.19. The summed E-state index contributed by atoms with van der Waals surface area (Å²) in [6.45, 7) is 0. The van der Waals surface area contributed by atoms with Crippen molar-refractivity contribution < 1.29 is 0 Å². The summed E-state index contributed by atoms with van der Waals surface area (Å²) in [5, 5.41) is 6.42. The Labute approximate surface area is 135 Å². The molecule has 1 N–H and O–H groups in total. The third-order valence-electron chi connectivity index (χ3n) is 3.56. The molecule has 0 aliphatic carbocycles. The van der Waals surface area contributed by atoms with E-state index >= 15 is 0 Å². The van der Waals surface area contributed by atoms with Gasteiger partial charge in [-0.15, -0.1) is 0 Å². The molecular formula is C17H10BrClN2. The van der Waals surface area contributed by atoms with Crippen LogP contribution < -0.4 is 5.32 Å². The second kappa shape index (κ2) is 4.86. The normalized spacial score (nSPS) is 13.0. The highest BCUT2D eigenvalue weighted by Crippen LogP contribution is 2.36. The van der Waals surface area contributed by atoms with Gasteiger partial charge in [0.1, 0.15) is 5.84 Å². The summed E-state index contributed by atoms with van der Waals surface area (Å²) in [6, 6.07) is 18.2. The second-order valence-electron chi connectivity index (χ2n) is 4.90. The Bertz CT molecular complexity index is 897. The van der Waals surface area contributed by atoms with Crippen LogP contribution in [-0.4, -0.2) is 5.84 Å². The van der Waals surface area contributed by atoms with E-state index in [9.17, 15) is 0 Å². The molecule has 0 spiro atoms. The fourth-order valence-corrected chi connectivity index (χ4v) is 3.00. The average Bonchev–Trinajstić information content (AvgIpc) is 2.50. The SMILES string of the molecule is Clc1cc(C2=Nc3cccc4cccc(c34)N2)ccc1Br. The van der Waals surface area contributed by atoms with Gasteiger partial charge in [-0.05, 0) is 45.6 Å². The largest absolute Gasteiger partial charge is 0.339 e. The quantitative estimate of drug-likeness (QED) is 0.588. The minimum Gasteiger partial charge on any atom is -0.339 e.